The number of imidazole rings is 1. The number of aliphatic carboxylic acids is 2. The third kappa shape index (κ3) is 7.33. The number of aromatic nitrogens is 2. The second-order valence-corrected chi connectivity index (χ2v) is 7.66. The summed E-state index contributed by atoms with van der Waals surface area (Å²) in [6.07, 6.45) is 8.05. The van der Waals surface area contributed by atoms with Crippen molar-refractivity contribution in [2.45, 2.75) is 32.0 Å². The molecule has 2 aromatic carbocycles. The molecule has 8 heteroatoms. The van der Waals surface area contributed by atoms with Gasteiger partial charge in [0.05, 0.1) is 6.33 Å². The number of hydrogen-bond donors (Lipinski definition) is 3. The van der Waals surface area contributed by atoms with Gasteiger partial charge in [-0.3, -0.25) is 4.90 Å². The fourth-order valence-corrected chi connectivity index (χ4v) is 3.60. The van der Waals surface area contributed by atoms with E-state index < -0.39 is 11.9 Å². The van der Waals surface area contributed by atoms with Crippen LogP contribution in [0.2, 0.25) is 0 Å². The van der Waals surface area contributed by atoms with Crippen molar-refractivity contribution in [3.63, 3.8) is 0 Å². The maximum atomic E-state index is 9.10. The molecule has 3 aromatic rings. The molecule has 1 aliphatic rings. The van der Waals surface area contributed by atoms with Crippen molar-refractivity contribution >= 4 is 11.9 Å². The fourth-order valence-electron chi connectivity index (χ4n) is 3.60. The van der Waals surface area contributed by atoms with Gasteiger partial charge in [-0.25, -0.2) is 14.6 Å². The van der Waals surface area contributed by atoms with Crippen LogP contribution < -0.4 is 5.32 Å². The molecular formula is C24H28N4O4. The van der Waals surface area contributed by atoms with Crippen LogP contribution in [-0.4, -0.2) is 55.7 Å². The van der Waals surface area contributed by atoms with E-state index in [1.165, 1.54) is 37.1 Å². The Hall–Kier alpha value is -3.49. The lowest BCUT2D eigenvalue weighted by atomic mass is 10.0. The summed E-state index contributed by atoms with van der Waals surface area (Å²) >= 11 is 0. The van der Waals surface area contributed by atoms with Crippen molar-refractivity contribution in [1.29, 1.82) is 0 Å². The molecule has 1 aromatic heterocycles. The van der Waals surface area contributed by atoms with E-state index in [1.807, 2.05) is 17.1 Å². The normalized spacial score (nSPS) is 14.4. The molecule has 0 aliphatic carbocycles. The van der Waals surface area contributed by atoms with E-state index in [1.54, 1.807) is 6.20 Å². The van der Waals surface area contributed by atoms with Crippen LogP contribution in [0.1, 0.15) is 24.0 Å². The quantitative estimate of drug-likeness (QED) is 0.510. The summed E-state index contributed by atoms with van der Waals surface area (Å²) < 4.78 is 2.03. The number of carbonyl (C=O) groups is 2. The molecule has 0 spiro atoms. The molecule has 0 saturated carbocycles. The van der Waals surface area contributed by atoms with Crippen LogP contribution in [0.4, 0.5) is 0 Å². The first-order chi connectivity index (χ1) is 15.5. The molecule has 1 saturated heterocycles. The first-order valence-corrected chi connectivity index (χ1v) is 10.5. The van der Waals surface area contributed by atoms with Crippen molar-refractivity contribution in [2.24, 2.45) is 0 Å². The number of piperidine rings is 1. The Kier molecular flexibility index (Phi) is 8.53. The SMILES string of the molecule is O=C(O)C(=O)O.c1ccc(CN2CCC(NCc3ccc(-n4ccnc4)cc3)CC2)cc1. The lowest BCUT2D eigenvalue weighted by Gasteiger charge is -2.32. The van der Waals surface area contributed by atoms with Crippen molar-refractivity contribution in [1.82, 2.24) is 19.8 Å². The lowest BCUT2D eigenvalue weighted by molar-refractivity contribution is -0.159. The Morgan fingerprint density at radius 2 is 1.59 bits per heavy atom. The molecule has 3 N–H and O–H groups in total. The number of likely N-dealkylation sites (tertiary alicyclic amines) is 1. The van der Waals surface area contributed by atoms with E-state index in [4.69, 9.17) is 19.8 Å². The summed E-state index contributed by atoms with van der Waals surface area (Å²) in [5, 5.41) is 18.5. The Morgan fingerprint density at radius 1 is 0.938 bits per heavy atom. The second-order valence-electron chi connectivity index (χ2n) is 7.66. The zero-order valence-corrected chi connectivity index (χ0v) is 17.8. The number of hydrogen-bond acceptors (Lipinski definition) is 5. The minimum absolute atomic E-state index is 0.621. The minimum Gasteiger partial charge on any atom is -0.473 e. The van der Waals surface area contributed by atoms with E-state index in [2.05, 4.69) is 69.8 Å². The maximum Gasteiger partial charge on any atom is 0.414 e. The zero-order valence-electron chi connectivity index (χ0n) is 17.8. The van der Waals surface area contributed by atoms with Crippen molar-refractivity contribution < 1.29 is 19.8 Å². The monoisotopic (exact) mass is 436 g/mol. The Morgan fingerprint density at radius 3 is 2.16 bits per heavy atom. The molecule has 32 heavy (non-hydrogen) atoms. The zero-order chi connectivity index (χ0) is 22.8. The molecule has 1 fully saturated rings. The van der Waals surface area contributed by atoms with Gasteiger partial charge in [-0.05, 0) is 49.2 Å². The molecule has 0 radical (unpaired) electrons. The van der Waals surface area contributed by atoms with Gasteiger partial charge in [0.25, 0.3) is 0 Å². The van der Waals surface area contributed by atoms with Crippen LogP contribution in [0.25, 0.3) is 5.69 Å². The Balaban J connectivity index is 0.000000427. The highest BCUT2D eigenvalue weighted by Crippen LogP contribution is 2.15. The third-order valence-electron chi connectivity index (χ3n) is 5.35. The molecule has 8 nitrogen and oxygen atoms in total. The van der Waals surface area contributed by atoms with Gasteiger partial charge >= 0.3 is 11.9 Å². The van der Waals surface area contributed by atoms with Crippen LogP contribution in [0.5, 0.6) is 0 Å². The van der Waals surface area contributed by atoms with Crippen LogP contribution in [0, 0.1) is 0 Å². The predicted molar refractivity (Wildman–Crippen MR) is 120 cm³/mol. The first-order valence-electron chi connectivity index (χ1n) is 10.5. The molecule has 1 aliphatic heterocycles. The number of carboxylic acids is 2. The molecule has 168 valence electrons. The topological polar surface area (TPSA) is 108 Å². The summed E-state index contributed by atoms with van der Waals surface area (Å²) in [5.74, 6) is -3.65. The molecule has 4 rings (SSSR count). The van der Waals surface area contributed by atoms with Crippen LogP contribution >= 0.6 is 0 Å². The van der Waals surface area contributed by atoms with E-state index in [0.29, 0.717) is 6.04 Å². The van der Waals surface area contributed by atoms with E-state index in [-0.39, 0.29) is 0 Å². The molecule has 0 amide bonds. The number of rotatable bonds is 6. The molecule has 2 heterocycles. The van der Waals surface area contributed by atoms with Gasteiger partial charge in [-0.1, -0.05) is 42.5 Å². The molecular weight excluding hydrogens is 408 g/mol. The van der Waals surface area contributed by atoms with Gasteiger partial charge in [0.15, 0.2) is 0 Å². The van der Waals surface area contributed by atoms with Crippen molar-refractivity contribution in [3.05, 3.63) is 84.4 Å². The van der Waals surface area contributed by atoms with Gasteiger partial charge in [-0.15, -0.1) is 0 Å². The number of nitrogens with zero attached hydrogens (tertiary/aromatic N) is 3. The highest BCUT2D eigenvalue weighted by molar-refractivity contribution is 6.27. The number of carboxylic acid groups (broad SMARTS) is 2. The molecule has 0 atom stereocenters. The van der Waals surface area contributed by atoms with E-state index >= 15 is 0 Å². The van der Waals surface area contributed by atoms with Gasteiger partial charge < -0.3 is 20.1 Å². The first kappa shape index (κ1) is 23.2. The van der Waals surface area contributed by atoms with E-state index in [9.17, 15) is 0 Å². The van der Waals surface area contributed by atoms with Gasteiger partial charge in [-0.2, -0.15) is 0 Å². The van der Waals surface area contributed by atoms with Gasteiger partial charge in [0, 0.05) is 37.2 Å². The maximum absolute atomic E-state index is 9.10. The average Bonchev–Trinajstić information content (AvgIpc) is 3.35. The fraction of sp³-hybridized carbons (Fsp3) is 0.292. The summed E-state index contributed by atoms with van der Waals surface area (Å²) in [6.45, 7) is 4.36. The lowest BCUT2D eigenvalue weighted by Crippen LogP contribution is -2.41. The van der Waals surface area contributed by atoms with Gasteiger partial charge in [0.2, 0.25) is 0 Å². The van der Waals surface area contributed by atoms with Crippen LogP contribution in [-0.2, 0) is 22.7 Å². The predicted octanol–water partition coefficient (Wildman–Crippen LogP) is 2.78. The number of benzene rings is 2. The largest absolute Gasteiger partial charge is 0.473 e. The van der Waals surface area contributed by atoms with Crippen LogP contribution in [0.3, 0.4) is 0 Å². The molecule has 0 unspecified atom stereocenters. The Bertz CT molecular complexity index is 955. The van der Waals surface area contributed by atoms with Crippen LogP contribution in [0.15, 0.2) is 73.3 Å². The summed E-state index contributed by atoms with van der Waals surface area (Å²) in [4.78, 5) is 24.9. The van der Waals surface area contributed by atoms with Gasteiger partial charge in [0.1, 0.15) is 0 Å². The average molecular weight is 437 g/mol. The third-order valence-corrected chi connectivity index (χ3v) is 5.35. The number of nitrogens with one attached hydrogen (secondary N) is 1. The summed E-state index contributed by atoms with van der Waals surface area (Å²) in [7, 11) is 0. The van der Waals surface area contributed by atoms with E-state index in [0.717, 1.165) is 18.8 Å². The highest BCUT2D eigenvalue weighted by Gasteiger charge is 2.18. The summed E-state index contributed by atoms with van der Waals surface area (Å²) in [6, 6.07) is 20.1. The highest BCUT2D eigenvalue weighted by atomic mass is 16.4. The Labute approximate surface area is 187 Å². The standard InChI is InChI=1S/C22H26N4.C2H2O4/c1-2-4-20(5-3-1)17-25-13-10-21(11-14-25)24-16-19-6-8-22(9-7-19)26-15-12-23-18-26;3-1(4)2(5)6/h1-9,12,15,18,21,24H,10-11,13-14,16-17H2;(H,3,4)(H,5,6). The van der Waals surface area contributed by atoms with Crippen molar-refractivity contribution in [2.75, 3.05) is 13.1 Å². The smallest absolute Gasteiger partial charge is 0.414 e. The van der Waals surface area contributed by atoms with Crippen molar-refractivity contribution in [3.8, 4) is 5.69 Å². The second kappa shape index (κ2) is 11.8. The summed E-state index contributed by atoms with van der Waals surface area (Å²) in [5.41, 5.74) is 3.90. The molecule has 0 bridgehead atoms. The minimum atomic E-state index is -1.82.